The van der Waals surface area contributed by atoms with Gasteiger partial charge >= 0.3 is 0 Å². The lowest BCUT2D eigenvalue weighted by molar-refractivity contribution is 0.313. The van der Waals surface area contributed by atoms with Gasteiger partial charge in [0.2, 0.25) is 0 Å². The second kappa shape index (κ2) is 9.75. The molecule has 2 atom stereocenters. The van der Waals surface area contributed by atoms with Crippen LogP contribution in [0.5, 0.6) is 23.0 Å². The molecule has 6 heteroatoms. The second-order valence-corrected chi connectivity index (χ2v) is 7.54. The van der Waals surface area contributed by atoms with E-state index in [4.69, 9.17) is 19.2 Å². The number of phenols is 1. The minimum atomic E-state index is -0.305. The van der Waals surface area contributed by atoms with Crippen LogP contribution < -0.4 is 19.5 Å². The van der Waals surface area contributed by atoms with Crippen LogP contribution in [0.4, 0.5) is 0 Å². The first kappa shape index (κ1) is 21.7. The maximum Gasteiger partial charge on any atom is 0.162 e. The molecule has 166 valence electrons. The highest BCUT2D eigenvalue weighted by Gasteiger charge is 2.29. The van der Waals surface area contributed by atoms with Gasteiger partial charge in [-0.3, -0.25) is 10.3 Å². The molecule has 2 N–H and O–H groups in total. The average Bonchev–Trinajstić information content (AvgIpc) is 2.85. The zero-order chi connectivity index (χ0) is 22.5. The zero-order valence-corrected chi connectivity index (χ0v) is 18.5. The molecule has 2 unspecified atom stereocenters. The van der Waals surface area contributed by atoms with Crippen molar-refractivity contribution in [3.63, 3.8) is 0 Å². The van der Waals surface area contributed by atoms with Gasteiger partial charge in [0.05, 0.1) is 20.8 Å². The van der Waals surface area contributed by atoms with Crippen molar-refractivity contribution in [2.75, 3.05) is 20.8 Å². The third kappa shape index (κ3) is 4.55. The van der Waals surface area contributed by atoms with Gasteiger partial charge in [0.1, 0.15) is 17.7 Å². The van der Waals surface area contributed by atoms with Crippen molar-refractivity contribution in [2.45, 2.75) is 25.6 Å². The highest BCUT2D eigenvalue weighted by atomic mass is 16.5. The predicted octanol–water partition coefficient (Wildman–Crippen LogP) is 5.03. The highest BCUT2D eigenvalue weighted by molar-refractivity contribution is 6.02. The number of benzene rings is 3. The Kier molecular flexibility index (Phi) is 6.61. The summed E-state index contributed by atoms with van der Waals surface area (Å²) >= 11 is 0. The van der Waals surface area contributed by atoms with Crippen molar-refractivity contribution in [1.29, 1.82) is 0 Å². The summed E-state index contributed by atoms with van der Waals surface area (Å²) in [6, 6.07) is 21.2. The topological polar surface area (TPSA) is 72.3 Å². The maximum absolute atomic E-state index is 10.9. The van der Waals surface area contributed by atoms with E-state index in [1.165, 1.54) is 0 Å². The van der Waals surface area contributed by atoms with Crippen LogP contribution in [0.3, 0.4) is 0 Å². The molecule has 1 heterocycles. The molecule has 4 rings (SSSR count). The van der Waals surface area contributed by atoms with E-state index >= 15 is 0 Å². The number of aromatic hydroxyl groups is 1. The lowest BCUT2D eigenvalue weighted by Gasteiger charge is -2.31. The van der Waals surface area contributed by atoms with Crippen LogP contribution in [0.2, 0.25) is 0 Å². The van der Waals surface area contributed by atoms with E-state index in [1.807, 2.05) is 67.6 Å². The first-order valence-electron chi connectivity index (χ1n) is 10.7. The standard InChI is InChI=1S/C26H28N2O4/c1-4-32-24-13-7-12-21(25(24)29)23-16-22(17-8-5-10-19(14-17)30-2)27-26(28-23)18-9-6-11-20(15-18)31-3/h5-15,23,26,28-29H,4,16H2,1-3H3. The first-order chi connectivity index (χ1) is 15.6. The Bertz CT molecular complexity index is 1110. The molecule has 0 aromatic heterocycles. The van der Waals surface area contributed by atoms with Crippen LogP contribution >= 0.6 is 0 Å². The minimum absolute atomic E-state index is 0.156. The summed E-state index contributed by atoms with van der Waals surface area (Å²) < 4.78 is 16.4. The van der Waals surface area contributed by atoms with Crippen molar-refractivity contribution in [3.8, 4) is 23.0 Å². The summed E-state index contributed by atoms with van der Waals surface area (Å²) in [4.78, 5) is 5.02. The number of phenolic OH excluding ortho intramolecular Hbond substituents is 1. The molecule has 0 bridgehead atoms. The normalized spacial score (nSPS) is 18.0. The molecule has 3 aromatic rings. The van der Waals surface area contributed by atoms with E-state index in [0.29, 0.717) is 18.8 Å². The van der Waals surface area contributed by atoms with Gasteiger partial charge in [-0.15, -0.1) is 0 Å². The van der Waals surface area contributed by atoms with Crippen LogP contribution in [0, 0.1) is 0 Å². The first-order valence-corrected chi connectivity index (χ1v) is 10.7. The summed E-state index contributed by atoms with van der Waals surface area (Å²) in [6.45, 7) is 2.38. The number of methoxy groups -OCH3 is 2. The van der Waals surface area contributed by atoms with E-state index in [0.717, 1.165) is 33.9 Å². The van der Waals surface area contributed by atoms with Crippen LogP contribution in [-0.4, -0.2) is 31.6 Å². The van der Waals surface area contributed by atoms with E-state index in [1.54, 1.807) is 20.3 Å². The van der Waals surface area contributed by atoms with Crippen molar-refractivity contribution in [1.82, 2.24) is 5.32 Å². The Labute approximate surface area is 188 Å². The van der Waals surface area contributed by atoms with Crippen LogP contribution in [0.15, 0.2) is 71.7 Å². The average molecular weight is 433 g/mol. The van der Waals surface area contributed by atoms with Crippen LogP contribution in [-0.2, 0) is 0 Å². The highest BCUT2D eigenvalue weighted by Crippen LogP contribution is 2.39. The van der Waals surface area contributed by atoms with Gasteiger partial charge in [-0.2, -0.15) is 0 Å². The predicted molar refractivity (Wildman–Crippen MR) is 125 cm³/mol. The van der Waals surface area contributed by atoms with Gasteiger partial charge in [0.25, 0.3) is 0 Å². The molecule has 3 aromatic carbocycles. The Balaban J connectivity index is 1.77. The van der Waals surface area contributed by atoms with E-state index < -0.39 is 0 Å². The maximum atomic E-state index is 10.9. The SMILES string of the molecule is CCOc1cccc(C2CC(c3cccc(OC)c3)=NC(c3cccc(OC)c3)N2)c1O. The van der Waals surface area contributed by atoms with Crippen LogP contribution in [0.25, 0.3) is 0 Å². The molecule has 0 radical (unpaired) electrons. The molecule has 1 aliphatic rings. The van der Waals surface area contributed by atoms with Crippen molar-refractivity contribution in [2.24, 2.45) is 4.99 Å². The number of rotatable bonds is 7. The van der Waals surface area contributed by atoms with Crippen molar-refractivity contribution < 1.29 is 19.3 Å². The number of para-hydroxylation sites is 1. The van der Waals surface area contributed by atoms with E-state index in [2.05, 4.69) is 5.32 Å². The fraction of sp³-hybridized carbons (Fsp3) is 0.269. The van der Waals surface area contributed by atoms with Gasteiger partial charge in [-0.1, -0.05) is 36.4 Å². The summed E-state index contributed by atoms with van der Waals surface area (Å²) in [5.41, 5.74) is 3.68. The van der Waals surface area contributed by atoms with E-state index in [-0.39, 0.29) is 18.0 Å². The monoisotopic (exact) mass is 432 g/mol. The quantitative estimate of drug-likeness (QED) is 0.548. The lowest BCUT2D eigenvalue weighted by Crippen LogP contribution is -2.33. The number of ether oxygens (including phenoxy) is 3. The van der Waals surface area contributed by atoms with Crippen molar-refractivity contribution >= 4 is 5.71 Å². The third-order valence-electron chi connectivity index (χ3n) is 5.56. The second-order valence-electron chi connectivity index (χ2n) is 7.54. The number of nitrogens with one attached hydrogen (secondary N) is 1. The molecule has 1 aliphatic heterocycles. The Hall–Kier alpha value is -3.51. The molecule has 0 saturated carbocycles. The minimum Gasteiger partial charge on any atom is -0.504 e. The van der Waals surface area contributed by atoms with Gasteiger partial charge in [-0.25, -0.2) is 0 Å². The Morgan fingerprint density at radius 1 is 0.969 bits per heavy atom. The molecule has 0 fully saturated rings. The zero-order valence-electron chi connectivity index (χ0n) is 18.5. The van der Waals surface area contributed by atoms with Crippen molar-refractivity contribution in [3.05, 3.63) is 83.4 Å². The molecule has 0 saturated heterocycles. The molecule has 0 amide bonds. The smallest absolute Gasteiger partial charge is 0.162 e. The Morgan fingerprint density at radius 3 is 2.44 bits per heavy atom. The summed E-state index contributed by atoms with van der Waals surface area (Å²) in [5, 5.41) is 14.5. The van der Waals surface area contributed by atoms with Gasteiger partial charge in [0.15, 0.2) is 11.5 Å². The molecular weight excluding hydrogens is 404 g/mol. The molecule has 0 aliphatic carbocycles. The summed E-state index contributed by atoms with van der Waals surface area (Å²) in [7, 11) is 3.31. The fourth-order valence-corrected chi connectivity index (χ4v) is 3.96. The molecule has 32 heavy (non-hydrogen) atoms. The number of aliphatic imine (C=N–C) groups is 1. The third-order valence-corrected chi connectivity index (χ3v) is 5.56. The van der Waals surface area contributed by atoms with Gasteiger partial charge in [-0.05, 0) is 48.4 Å². The molecule has 0 spiro atoms. The summed E-state index contributed by atoms with van der Waals surface area (Å²) in [5.74, 6) is 2.18. The summed E-state index contributed by atoms with van der Waals surface area (Å²) in [6.07, 6.45) is 0.303. The number of nitrogens with zero attached hydrogens (tertiary/aromatic N) is 1. The Morgan fingerprint density at radius 2 is 1.69 bits per heavy atom. The van der Waals surface area contributed by atoms with E-state index in [9.17, 15) is 5.11 Å². The lowest BCUT2D eigenvalue weighted by atomic mass is 9.93. The molecular formula is C26H28N2O4. The number of hydrogen-bond donors (Lipinski definition) is 2. The largest absolute Gasteiger partial charge is 0.504 e. The van der Waals surface area contributed by atoms with Gasteiger partial charge in [0, 0.05) is 23.7 Å². The fourth-order valence-electron chi connectivity index (χ4n) is 3.96. The number of hydrogen-bond acceptors (Lipinski definition) is 6. The van der Waals surface area contributed by atoms with Crippen LogP contribution in [0.1, 0.15) is 42.2 Å². The molecule has 6 nitrogen and oxygen atoms in total. The van der Waals surface area contributed by atoms with Gasteiger partial charge < -0.3 is 19.3 Å².